The highest BCUT2D eigenvalue weighted by atomic mass is 16.5. The Morgan fingerprint density at radius 1 is 0.860 bits per heavy atom. The molecule has 4 aromatic carbocycles. The third-order valence-electron chi connectivity index (χ3n) is 7.36. The van der Waals surface area contributed by atoms with Crippen molar-refractivity contribution in [2.75, 3.05) is 6.61 Å². The monoisotopic (exact) mass is 580 g/mol. The second kappa shape index (κ2) is 13.3. The summed E-state index contributed by atoms with van der Waals surface area (Å²) in [6, 6.07) is 24.1. The van der Waals surface area contributed by atoms with Crippen molar-refractivity contribution in [2.24, 2.45) is 5.10 Å². The number of nitrogens with one attached hydrogen (secondary N) is 1. The van der Waals surface area contributed by atoms with Crippen LogP contribution in [0.25, 0.3) is 10.8 Å². The molecule has 4 rings (SSSR count). The molecule has 6 nitrogen and oxygen atoms in total. The van der Waals surface area contributed by atoms with Crippen LogP contribution in [0.15, 0.2) is 77.9 Å². The topological polar surface area (TPSA) is 80.2 Å². The summed E-state index contributed by atoms with van der Waals surface area (Å²) in [4.78, 5) is 12.7. The molecule has 0 atom stereocenters. The summed E-state index contributed by atoms with van der Waals surface area (Å²) in [5.74, 6) is 1.43. The van der Waals surface area contributed by atoms with E-state index in [0.29, 0.717) is 36.9 Å². The fourth-order valence-electron chi connectivity index (χ4n) is 5.04. The normalized spacial score (nSPS) is 12.1. The van der Waals surface area contributed by atoms with Gasteiger partial charge in [-0.1, -0.05) is 96.1 Å². The van der Waals surface area contributed by atoms with Gasteiger partial charge in [0.2, 0.25) is 5.91 Å². The zero-order valence-corrected chi connectivity index (χ0v) is 26.5. The third-order valence-corrected chi connectivity index (χ3v) is 7.36. The standard InChI is InChI=1S/C37H44N2O4/c1-8-42-33-22-26(16-18-32(33)43-24-28-14-11-13-27-12-9-10-15-29(27)28)23-38-39-34(40)19-17-25-20-30(36(2,3)4)35(41)31(21-25)37(5,6)7/h9-16,18,20-23,41H,8,17,19,24H2,1-7H3,(H,39,40)/b38-23-. The molecule has 0 aromatic heterocycles. The highest BCUT2D eigenvalue weighted by Crippen LogP contribution is 2.40. The first-order valence-corrected chi connectivity index (χ1v) is 14.9. The number of amides is 1. The number of ether oxygens (including phenoxy) is 2. The van der Waals surface area contributed by atoms with Crippen LogP contribution >= 0.6 is 0 Å². The van der Waals surface area contributed by atoms with E-state index in [1.807, 2.05) is 55.5 Å². The molecule has 0 aliphatic heterocycles. The minimum absolute atomic E-state index is 0.181. The molecule has 4 aromatic rings. The Kier molecular flexibility index (Phi) is 9.80. The van der Waals surface area contributed by atoms with E-state index in [9.17, 15) is 9.90 Å². The molecular formula is C37H44N2O4. The number of nitrogens with zero attached hydrogens (tertiary/aromatic N) is 1. The molecule has 0 saturated heterocycles. The minimum Gasteiger partial charge on any atom is -0.507 e. The molecule has 6 heteroatoms. The van der Waals surface area contributed by atoms with Gasteiger partial charge in [-0.25, -0.2) is 5.43 Å². The van der Waals surface area contributed by atoms with Crippen LogP contribution in [0, 0.1) is 0 Å². The lowest BCUT2D eigenvalue weighted by atomic mass is 9.78. The van der Waals surface area contributed by atoms with Gasteiger partial charge in [0, 0.05) is 6.42 Å². The molecular weight excluding hydrogens is 536 g/mol. The number of phenolic OH excluding ortho intramolecular Hbond substituents is 1. The summed E-state index contributed by atoms with van der Waals surface area (Å²) in [5, 5.41) is 17.5. The lowest BCUT2D eigenvalue weighted by Gasteiger charge is -2.28. The second-order valence-corrected chi connectivity index (χ2v) is 12.9. The Morgan fingerprint density at radius 2 is 1.53 bits per heavy atom. The van der Waals surface area contributed by atoms with Gasteiger partial charge in [0.25, 0.3) is 0 Å². The van der Waals surface area contributed by atoms with Gasteiger partial charge in [-0.2, -0.15) is 5.10 Å². The van der Waals surface area contributed by atoms with Crippen molar-refractivity contribution >= 4 is 22.9 Å². The first-order chi connectivity index (χ1) is 20.4. The quantitative estimate of drug-likeness (QED) is 0.146. The molecule has 0 bridgehead atoms. The Bertz CT molecular complexity index is 1570. The molecule has 0 heterocycles. The molecule has 1 amide bonds. The molecule has 0 aliphatic rings. The summed E-state index contributed by atoms with van der Waals surface area (Å²) in [7, 11) is 0. The van der Waals surface area contributed by atoms with Crippen molar-refractivity contribution in [1.82, 2.24) is 5.43 Å². The van der Waals surface area contributed by atoms with E-state index in [2.05, 4.69) is 76.3 Å². The smallest absolute Gasteiger partial charge is 0.240 e. The van der Waals surface area contributed by atoms with Gasteiger partial charge in [-0.15, -0.1) is 0 Å². The van der Waals surface area contributed by atoms with Crippen LogP contribution in [-0.4, -0.2) is 23.8 Å². The Labute approximate surface area is 255 Å². The average molecular weight is 581 g/mol. The molecule has 2 N–H and O–H groups in total. The number of carbonyl (C=O) groups is 1. The summed E-state index contributed by atoms with van der Waals surface area (Å²) in [5.41, 5.74) is 6.89. The number of phenols is 1. The number of aryl methyl sites for hydroxylation is 1. The Morgan fingerprint density at radius 3 is 2.21 bits per heavy atom. The molecule has 0 radical (unpaired) electrons. The molecule has 0 saturated carbocycles. The summed E-state index contributed by atoms with van der Waals surface area (Å²) in [6.45, 7) is 15.3. The number of carbonyl (C=O) groups excluding carboxylic acids is 1. The van der Waals surface area contributed by atoms with Gasteiger partial charge in [0.05, 0.1) is 12.8 Å². The van der Waals surface area contributed by atoms with Crippen molar-refractivity contribution in [1.29, 1.82) is 0 Å². The lowest BCUT2D eigenvalue weighted by molar-refractivity contribution is -0.121. The van der Waals surface area contributed by atoms with Crippen molar-refractivity contribution in [2.45, 2.75) is 78.7 Å². The van der Waals surface area contributed by atoms with E-state index >= 15 is 0 Å². The SMILES string of the molecule is CCOc1cc(/C=N\NC(=O)CCc2cc(C(C)(C)C)c(O)c(C(C)(C)C)c2)ccc1OCc1cccc2ccccc12. The van der Waals surface area contributed by atoms with Gasteiger partial charge in [-0.3, -0.25) is 4.79 Å². The van der Waals surface area contributed by atoms with Gasteiger partial charge >= 0.3 is 0 Å². The van der Waals surface area contributed by atoms with Crippen LogP contribution in [0.4, 0.5) is 0 Å². The maximum atomic E-state index is 12.7. The number of hydrazone groups is 1. The zero-order chi connectivity index (χ0) is 31.2. The molecule has 0 unspecified atom stereocenters. The number of benzene rings is 4. The minimum atomic E-state index is -0.219. The van der Waals surface area contributed by atoms with Crippen molar-refractivity contribution in [3.8, 4) is 17.2 Å². The van der Waals surface area contributed by atoms with Crippen LogP contribution < -0.4 is 14.9 Å². The van der Waals surface area contributed by atoms with Crippen molar-refractivity contribution in [3.05, 3.63) is 101 Å². The fraction of sp³-hybridized carbons (Fsp3) is 0.351. The zero-order valence-electron chi connectivity index (χ0n) is 26.5. The Balaban J connectivity index is 1.39. The highest BCUT2D eigenvalue weighted by molar-refractivity contribution is 5.86. The first-order valence-electron chi connectivity index (χ1n) is 14.9. The van der Waals surface area contributed by atoms with E-state index in [4.69, 9.17) is 9.47 Å². The molecule has 43 heavy (non-hydrogen) atoms. The Hall–Kier alpha value is -4.32. The number of fused-ring (bicyclic) bond motifs is 1. The van der Waals surface area contributed by atoms with Gasteiger partial charge in [0.1, 0.15) is 12.4 Å². The van der Waals surface area contributed by atoms with Crippen molar-refractivity contribution in [3.63, 3.8) is 0 Å². The largest absolute Gasteiger partial charge is 0.507 e. The fourth-order valence-corrected chi connectivity index (χ4v) is 5.04. The predicted molar refractivity (Wildman–Crippen MR) is 175 cm³/mol. The van der Waals surface area contributed by atoms with Crippen LogP contribution in [0.1, 0.15) is 82.7 Å². The van der Waals surface area contributed by atoms with Crippen molar-refractivity contribution < 1.29 is 19.4 Å². The first kappa shape index (κ1) is 31.6. The number of hydrogen-bond acceptors (Lipinski definition) is 5. The average Bonchev–Trinajstić information content (AvgIpc) is 2.95. The van der Waals surface area contributed by atoms with Crippen LogP contribution in [0.5, 0.6) is 17.2 Å². The number of aromatic hydroxyl groups is 1. The molecule has 0 aliphatic carbocycles. The molecule has 0 fully saturated rings. The van der Waals surface area contributed by atoms with Gasteiger partial charge in [-0.05, 0) is 81.0 Å². The van der Waals surface area contributed by atoms with E-state index in [-0.39, 0.29) is 23.2 Å². The maximum absolute atomic E-state index is 12.7. The van der Waals surface area contributed by atoms with E-state index in [1.54, 1.807) is 6.21 Å². The van der Waals surface area contributed by atoms with Gasteiger partial charge < -0.3 is 14.6 Å². The van der Waals surface area contributed by atoms with E-state index < -0.39 is 0 Å². The summed E-state index contributed by atoms with van der Waals surface area (Å²) < 4.78 is 12.0. The van der Waals surface area contributed by atoms with Crippen LogP contribution in [-0.2, 0) is 28.7 Å². The highest BCUT2D eigenvalue weighted by Gasteiger charge is 2.26. The second-order valence-electron chi connectivity index (χ2n) is 12.9. The van der Waals surface area contributed by atoms with Gasteiger partial charge in [0.15, 0.2) is 11.5 Å². The summed E-state index contributed by atoms with van der Waals surface area (Å²) in [6.07, 6.45) is 2.43. The summed E-state index contributed by atoms with van der Waals surface area (Å²) >= 11 is 0. The number of hydrogen-bond donors (Lipinski definition) is 2. The van der Waals surface area contributed by atoms with E-state index in [1.165, 1.54) is 5.39 Å². The third kappa shape index (κ3) is 8.16. The maximum Gasteiger partial charge on any atom is 0.240 e. The van der Waals surface area contributed by atoms with E-state index in [0.717, 1.165) is 33.2 Å². The number of rotatable bonds is 10. The lowest BCUT2D eigenvalue weighted by Crippen LogP contribution is -2.20. The predicted octanol–water partition coefficient (Wildman–Crippen LogP) is 8.20. The molecule has 0 spiro atoms. The van der Waals surface area contributed by atoms with Crippen LogP contribution in [0.3, 0.4) is 0 Å². The molecule has 226 valence electrons. The van der Waals surface area contributed by atoms with Crippen LogP contribution in [0.2, 0.25) is 0 Å².